The van der Waals surface area contributed by atoms with Gasteiger partial charge >= 0.3 is 0 Å². The first-order chi connectivity index (χ1) is 20.6. The third kappa shape index (κ3) is 6.82. The van der Waals surface area contributed by atoms with Crippen molar-refractivity contribution in [3.63, 3.8) is 0 Å². The second-order valence-corrected chi connectivity index (χ2v) is 9.17. The number of aromatic nitrogens is 2. The summed E-state index contributed by atoms with van der Waals surface area (Å²) in [7, 11) is 0. The Morgan fingerprint density at radius 1 is 0.930 bits per heavy atom. The average molecular weight is 602 g/mol. The number of hydrogen-bond acceptors (Lipinski definition) is 13. The van der Waals surface area contributed by atoms with Gasteiger partial charge in [-0.05, 0) is 30.3 Å². The molecule has 0 bridgehead atoms. The molecule has 214 valence electrons. The van der Waals surface area contributed by atoms with Gasteiger partial charge in [-0.1, -0.05) is 0 Å². The molecular formula is C25H15N9O8S. The van der Waals surface area contributed by atoms with Crippen LogP contribution in [0.2, 0.25) is 0 Å². The molecule has 2 aromatic heterocycles. The first kappa shape index (κ1) is 29.5. The molecule has 1 atom stereocenters. The number of nitrogens with zero attached hydrogens (tertiary/aromatic N) is 7. The largest absolute Gasteiger partial charge is 0.315 e. The van der Waals surface area contributed by atoms with E-state index in [1.807, 2.05) is 6.07 Å². The maximum absolute atomic E-state index is 13.4. The summed E-state index contributed by atoms with van der Waals surface area (Å²) in [5.41, 5.74) is 0.489. The number of hydrazone groups is 1. The molecule has 0 aliphatic carbocycles. The lowest BCUT2D eigenvalue weighted by Gasteiger charge is -2.12. The van der Waals surface area contributed by atoms with E-state index in [1.165, 1.54) is 54.2 Å². The quantitative estimate of drug-likeness (QED) is 0.149. The number of nitro groups is 3. The monoisotopic (exact) mass is 601 g/mol. The van der Waals surface area contributed by atoms with Crippen LogP contribution in [0.4, 0.5) is 22.7 Å². The van der Waals surface area contributed by atoms with Gasteiger partial charge in [-0.25, -0.2) is 10.4 Å². The van der Waals surface area contributed by atoms with E-state index >= 15 is 0 Å². The van der Waals surface area contributed by atoms with Crippen molar-refractivity contribution in [1.82, 2.24) is 15.4 Å². The number of rotatable bonds is 10. The molecule has 0 spiro atoms. The van der Waals surface area contributed by atoms with Gasteiger partial charge in [0, 0.05) is 47.1 Å². The van der Waals surface area contributed by atoms with E-state index in [4.69, 9.17) is 0 Å². The zero-order valence-electron chi connectivity index (χ0n) is 21.3. The molecule has 18 heteroatoms. The lowest BCUT2D eigenvalue weighted by molar-refractivity contribution is -0.393. The minimum absolute atomic E-state index is 0.0427. The normalized spacial score (nSPS) is 11.6. The van der Waals surface area contributed by atoms with E-state index in [0.29, 0.717) is 17.3 Å². The van der Waals surface area contributed by atoms with Crippen molar-refractivity contribution in [2.45, 2.75) is 5.92 Å². The number of non-ortho nitro benzene ring substituents is 2. The number of carbonyl (C=O) groups is 2. The minimum atomic E-state index is -1.51. The lowest BCUT2D eigenvalue weighted by Crippen LogP contribution is -2.32. The van der Waals surface area contributed by atoms with Gasteiger partial charge in [-0.2, -0.15) is 10.4 Å². The van der Waals surface area contributed by atoms with Crippen LogP contribution < -0.4 is 10.7 Å². The second kappa shape index (κ2) is 12.8. The molecule has 2 aromatic carbocycles. The highest BCUT2D eigenvalue weighted by Crippen LogP contribution is 2.31. The van der Waals surface area contributed by atoms with Crippen LogP contribution in [0.5, 0.6) is 0 Å². The molecule has 0 aliphatic rings. The van der Waals surface area contributed by atoms with Gasteiger partial charge in [0.05, 0.1) is 32.6 Å². The van der Waals surface area contributed by atoms with E-state index in [1.54, 1.807) is 0 Å². The van der Waals surface area contributed by atoms with Gasteiger partial charge in [-0.15, -0.1) is 11.3 Å². The smallest absolute Gasteiger partial charge is 0.299 e. The molecule has 0 radical (unpaired) electrons. The third-order valence-electron chi connectivity index (χ3n) is 5.64. The summed E-state index contributed by atoms with van der Waals surface area (Å²) >= 11 is 0.951. The van der Waals surface area contributed by atoms with Crippen LogP contribution in [-0.2, 0) is 4.79 Å². The first-order valence-corrected chi connectivity index (χ1v) is 12.6. The van der Waals surface area contributed by atoms with Crippen LogP contribution in [0.15, 0.2) is 77.5 Å². The van der Waals surface area contributed by atoms with Gasteiger partial charge < -0.3 is 5.32 Å². The summed E-state index contributed by atoms with van der Waals surface area (Å²) in [5.74, 6) is -3.42. The molecule has 4 rings (SSSR count). The molecule has 0 saturated carbocycles. The Morgan fingerprint density at radius 2 is 1.58 bits per heavy atom. The van der Waals surface area contributed by atoms with E-state index in [0.717, 1.165) is 23.5 Å². The fourth-order valence-corrected chi connectivity index (χ4v) is 4.41. The third-order valence-corrected chi connectivity index (χ3v) is 6.54. The van der Waals surface area contributed by atoms with E-state index in [2.05, 4.69) is 25.8 Å². The van der Waals surface area contributed by atoms with Crippen molar-refractivity contribution in [3.8, 4) is 17.3 Å². The van der Waals surface area contributed by atoms with Crippen LogP contribution in [0.25, 0.3) is 11.3 Å². The fourth-order valence-electron chi connectivity index (χ4n) is 3.54. The molecule has 0 aliphatic heterocycles. The van der Waals surface area contributed by atoms with Crippen molar-refractivity contribution in [1.29, 1.82) is 5.26 Å². The Kier molecular flexibility index (Phi) is 8.78. The topological polar surface area (TPSA) is 250 Å². The van der Waals surface area contributed by atoms with Crippen molar-refractivity contribution in [3.05, 3.63) is 113 Å². The highest BCUT2D eigenvalue weighted by molar-refractivity contribution is 7.10. The Labute approximate surface area is 243 Å². The number of nitro benzene ring substituents is 3. The van der Waals surface area contributed by atoms with Gasteiger partial charge in [0.1, 0.15) is 22.3 Å². The zero-order chi connectivity index (χ0) is 31.1. The van der Waals surface area contributed by atoms with Crippen LogP contribution >= 0.6 is 11.3 Å². The predicted molar refractivity (Wildman–Crippen MR) is 150 cm³/mol. The molecule has 2 N–H and O–H groups in total. The Bertz CT molecular complexity index is 1820. The lowest BCUT2D eigenvalue weighted by atomic mass is 10.0. The SMILES string of the molecule is N#CC(/C(=N/NC(=O)c1ccncc1)C(=O)Nc1ccc([N+](=O)[O-])cc1[N+](=O)[O-])c1nc(-c2ccc([N+](=O)[O-])cc2)cs1. The van der Waals surface area contributed by atoms with Crippen molar-refractivity contribution < 1.29 is 24.4 Å². The van der Waals surface area contributed by atoms with Crippen LogP contribution in [0, 0.1) is 41.7 Å². The van der Waals surface area contributed by atoms with E-state index in [-0.39, 0.29) is 16.3 Å². The summed E-state index contributed by atoms with van der Waals surface area (Å²) in [6.45, 7) is 0. The molecular weight excluding hydrogens is 586 g/mol. The zero-order valence-corrected chi connectivity index (χ0v) is 22.1. The molecule has 2 heterocycles. The highest BCUT2D eigenvalue weighted by atomic mass is 32.1. The fraction of sp³-hybridized carbons (Fsp3) is 0.0400. The summed E-state index contributed by atoms with van der Waals surface area (Å²) in [6.07, 6.45) is 2.68. The highest BCUT2D eigenvalue weighted by Gasteiger charge is 2.30. The second-order valence-electron chi connectivity index (χ2n) is 8.28. The summed E-state index contributed by atoms with van der Waals surface area (Å²) in [4.78, 5) is 65.4. The summed E-state index contributed by atoms with van der Waals surface area (Å²) in [6, 6.07) is 12.6. The Balaban J connectivity index is 1.71. The molecule has 2 amide bonds. The molecule has 4 aromatic rings. The maximum atomic E-state index is 13.4. The number of hydrogen-bond donors (Lipinski definition) is 2. The number of amides is 2. The summed E-state index contributed by atoms with van der Waals surface area (Å²) in [5, 5.41) is 51.3. The number of benzene rings is 2. The number of thiazole rings is 1. The Hall–Kier alpha value is -6.48. The van der Waals surface area contributed by atoms with Gasteiger partial charge in [0.2, 0.25) is 0 Å². The number of anilines is 1. The van der Waals surface area contributed by atoms with Crippen LogP contribution in [0.1, 0.15) is 21.3 Å². The van der Waals surface area contributed by atoms with Crippen molar-refractivity contribution >= 4 is 51.6 Å². The molecule has 1 unspecified atom stereocenters. The first-order valence-electron chi connectivity index (χ1n) is 11.7. The van der Waals surface area contributed by atoms with Crippen LogP contribution in [0.3, 0.4) is 0 Å². The van der Waals surface area contributed by atoms with Crippen molar-refractivity contribution in [2.24, 2.45) is 5.10 Å². The Morgan fingerprint density at radius 3 is 2.19 bits per heavy atom. The van der Waals surface area contributed by atoms with Crippen molar-refractivity contribution in [2.75, 3.05) is 5.32 Å². The number of nitrogens with one attached hydrogen (secondary N) is 2. The number of carbonyl (C=O) groups excluding carboxylic acids is 2. The summed E-state index contributed by atoms with van der Waals surface area (Å²) < 4.78 is 0. The molecule has 17 nitrogen and oxygen atoms in total. The van der Waals surface area contributed by atoms with Crippen LogP contribution in [-0.4, -0.2) is 42.3 Å². The van der Waals surface area contributed by atoms with E-state index in [9.17, 15) is 45.2 Å². The molecule has 0 fully saturated rings. The molecule has 0 saturated heterocycles. The maximum Gasteiger partial charge on any atom is 0.299 e. The molecule has 43 heavy (non-hydrogen) atoms. The predicted octanol–water partition coefficient (Wildman–Crippen LogP) is 3.96. The average Bonchev–Trinajstić information content (AvgIpc) is 3.49. The minimum Gasteiger partial charge on any atom is -0.315 e. The van der Waals surface area contributed by atoms with Gasteiger partial charge in [0.15, 0.2) is 0 Å². The van der Waals surface area contributed by atoms with E-state index < -0.39 is 55.3 Å². The van der Waals surface area contributed by atoms with Gasteiger partial charge in [-0.3, -0.25) is 44.9 Å². The standard InChI is InChI=1S/C25H15N9O8S/c26-12-18(25-29-20(13-43-25)14-1-3-16(4-2-14)32(37)38)22(30-31-23(35)15-7-9-27-10-8-15)24(36)28-19-6-5-17(33(39)40)11-21(19)34(41)42/h1-11,13,18H,(H,28,36)(H,31,35)/b30-22-. The number of pyridine rings is 1. The number of nitriles is 1. The van der Waals surface area contributed by atoms with Gasteiger partial charge in [0.25, 0.3) is 28.9 Å².